The van der Waals surface area contributed by atoms with Crippen LogP contribution in [0.1, 0.15) is 21.5 Å². The normalized spacial score (nSPS) is 10.5. The van der Waals surface area contributed by atoms with Gasteiger partial charge in [-0.3, -0.25) is 0 Å². The molecule has 0 N–H and O–H groups in total. The summed E-state index contributed by atoms with van der Waals surface area (Å²) in [4.78, 5) is 12.2. The Morgan fingerprint density at radius 1 is 0.833 bits per heavy atom. The van der Waals surface area contributed by atoms with Crippen molar-refractivity contribution in [1.29, 1.82) is 0 Å². The van der Waals surface area contributed by atoms with E-state index in [1.165, 1.54) is 5.56 Å². The number of aryl methyl sites for hydroxylation is 2. The lowest BCUT2D eigenvalue weighted by atomic mass is 10.0. The lowest BCUT2D eigenvalue weighted by Crippen LogP contribution is -2.08. The molecule has 0 unspecified atom stereocenters. The summed E-state index contributed by atoms with van der Waals surface area (Å²) in [5, 5.41) is 0.579. The summed E-state index contributed by atoms with van der Waals surface area (Å²) in [5.41, 5.74) is 4.84. The minimum Gasteiger partial charge on any atom is -0.423 e. The van der Waals surface area contributed by atoms with E-state index in [4.69, 9.17) is 16.3 Å². The first-order valence-corrected chi connectivity index (χ1v) is 8.06. The minimum atomic E-state index is -0.398. The second-order valence-electron chi connectivity index (χ2n) is 5.74. The van der Waals surface area contributed by atoms with E-state index in [1.807, 2.05) is 25.1 Å². The monoisotopic (exact) mass is 336 g/mol. The zero-order chi connectivity index (χ0) is 17.1. The highest BCUT2D eigenvalue weighted by Crippen LogP contribution is 2.24. The van der Waals surface area contributed by atoms with Gasteiger partial charge in [0.15, 0.2) is 0 Å². The number of esters is 1. The van der Waals surface area contributed by atoms with Gasteiger partial charge in [-0.15, -0.1) is 0 Å². The predicted molar refractivity (Wildman–Crippen MR) is 97.8 cm³/mol. The highest BCUT2D eigenvalue weighted by Gasteiger charge is 2.10. The van der Waals surface area contributed by atoms with E-state index in [0.29, 0.717) is 16.3 Å². The molecule has 24 heavy (non-hydrogen) atoms. The lowest BCUT2D eigenvalue weighted by molar-refractivity contribution is 0.0735. The third-order valence-electron chi connectivity index (χ3n) is 3.86. The van der Waals surface area contributed by atoms with Crippen molar-refractivity contribution in [3.8, 4) is 16.9 Å². The molecule has 2 nitrogen and oxygen atoms in total. The highest BCUT2D eigenvalue weighted by molar-refractivity contribution is 6.31. The molecule has 0 aliphatic carbocycles. The molecule has 3 aromatic carbocycles. The van der Waals surface area contributed by atoms with Crippen LogP contribution >= 0.6 is 11.6 Å². The fourth-order valence-corrected chi connectivity index (χ4v) is 2.52. The molecule has 3 aromatic rings. The second-order valence-corrected chi connectivity index (χ2v) is 6.15. The van der Waals surface area contributed by atoms with Gasteiger partial charge in [-0.2, -0.15) is 0 Å². The molecule has 0 radical (unpaired) electrons. The molecule has 0 aromatic heterocycles. The maximum absolute atomic E-state index is 12.2. The summed E-state index contributed by atoms with van der Waals surface area (Å²) in [6.45, 7) is 3.96. The smallest absolute Gasteiger partial charge is 0.343 e. The number of halogens is 1. The summed E-state index contributed by atoms with van der Waals surface area (Å²) in [5.74, 6) is 0.0450. The van der Waals surface area contributed by atoms with E-state index in [9.17, 15) is 4.79 Å². The van der Waals surface area contributed by atoms with Gasteiger partial charge in [0.05, 0.1) is 5.56 Å². The van der Waals surface area contributed by atoms with E-state index in [2.05, 4.69) is 31.2 Å². The van der Waals surface area contributed by atoms with Gasteiger partial charge in [-0.05, 0) is 54.8 Å². The van der Waals surface area contributed by atoms with Crippen LogP contribution in [0.3, 0.4) is 0 Å². The lowest BCUT2D eigenvalue weighted by Gasteiger charge is -2.07. The number of benzene rings is 3. The maximum Gasteiger partial charge on any atom is 0.343 e. The standard InChI is InChI=1S/C21H17ClO2/c1-14-3-6-16(7-4-14)17-8-10-18(11-9-17)21(23)24-19-12-5-15(2)20(22)13-19/h3-13H,1-2H3. The number of carbonyl (C=O) groups excluding carboxylic acids is 1. The van der Waals surface area contributed by atoms with Crippen molar-refractivity contribution in [2.75, 3.05) is 0 Å². The Labute approximate surface area is 146 Å². The number of hydrogen-bond donors (Lipinski definition) is 0. The summed E-state index contributed by atoms with van der Waals surface area (Å²) in [6.07, 6.45) is 0. The summed E-state index contributed by atoms with van der Waals surface area (Å²) in [6, 6.07) is 20.9. The Morgan fingerprint density at radius 3 is 2.00 bits per heavy atom. The Kier molecular flexibility index (Phi) is 4.68. The van der Waals surface area contributed by atoms with Gasteiger partial charge in [-0.1, -0.05) is 59.6 Å². The van der Waals surface area contributed by atoms with Crippen LogP contribution in [0.15, 0.2) is 66.7 Å². The first kappa shape index (κ1) is 16.3. The quantitative estimate of drug-likeness (QED) is 0.443. The molecule has 3 rings (SSSR count). The molecule has 0 atom stereocenters. The Bertz CT molecular complexity index is 865. The van der Waals surface area contributed by atoms with Crippen LogP contribution in [0.5, 0.6) is 5.75 Å². The van der Waals surface area contributed by atoms with Crippen molar-refractivity contribution >= 4 is 17.6 Å². The van der Waals surface area contributed by atoms with Crippen LogP contribution < -0.4 is 4.74 Å². The zero-order valence-electron chi connectivity index (χ0n) is 13.5. The van der Waals surface area contributed by atoms with Crippen LogP contribution in [-0.2, 0) is 0 Å². The summed E-state index contributed by atoms with van der Waals surface area (Å²) < 4.78 is 5.37. The molecule has 0 saturated carbocycles. The first-order chi connectivity index (χ1) is 11.5. The van der Waals surface area contributed by atoms with E-state index in [-0.39, 0.29) is 0 Å². The molecule has 0 spiro atoms. The van der Waals surface area contributed by atoms with Crippen molar-refractivity contribution in [3.63, 3.8) is 0 Å². The van der Waals surface area contributed by atoms with Crippen molar-refractivity contribution in [3.05, 3.63) is 88.4 Å². The third kappa shape index (κ3) is 3.66. The second kappa shape index (κ2) is 6.90. The van der Waals surface area contributed by atoms with Crippen LogP contribution in [-0.4, -0.2) is 5.97 Å². The molecule has 3 heteroatoms. The Balaban J connectivity index is 1.76. The molecular weight excluding hydrogens is 320 g/mol. The molecule has 0 aliphatic heterocycles. The van der Waals surface area contributed by atoms with Crippen LogP contribution in [0, 0.1) is 13.8 Å². The largest absolute Gasteiger partial charge is 0.423 e. The molecule has 0 heterocycles. The summed E-state index contributed by atoms with van der Waals surface area (Å²) in [7, 11) is 0. The Hall–Kier alpha value is -2.58. The number of hydrogen-bond acceptors (Lipinski definition) is 2. The minimum absolute atomic E-state index is 0.398. The predicted octanol–water partition coefficient (Wildman–Crippen LogP) is 5.84. The van der Waals surface area contributed by atoms with Gasteiger partial charge in [-0.25, -0.2) is 4.79 Å². The third-order valence-corrected chi connectivity index (χ3v) is 4.27. The first-order valence-electron chi connectivity index (χ1n) is 7.68. The van der Waals surface area contributed by atoms with Crippen molar-refractivity contribution < 1.29 is 9.53 Å². The average Bonchev–Trinajstić information content (AvgIpc) is 2.59. The van der Waals surface area contributed by atoms with E-state index < -0.39 is 5.97 Å². The highest BCUT2D eigenvalue weighted by atomic mass is 35.5. The van der Waals surface area contributed by atoms with Crippen LogP contribution in [0.4, 0.5) is 0 Å². The fourth-order valence-electron chi connectivity index (χ4n) is 2.35. The molecule has 0 fully saturated rings. The van der Waals surface area contributed by atoms with E-state index >= 15 is 0 Å². The number of rotatable bonds is 3. The molecule has 120 valence electrons. The van der Waals surface area contributed by atoms with Gasteiger partial charge in [0.2, 0.25) is 0 Å². The van der Waals surface area contributed by atoms with Gasteiger partial charge in [0, 0.05) is 5.02 Å². The molecule has 0 bridgehead atoms. The van der Waals surface area contributed by atoms with Gasteiger partial charge in [0.25, 0.3) is 0 Å². The fraction of sp³-hybridized carbons (Fsp3) is 0.0952. The molecule has 0 amide bonds. The van der Waals surface area contributed by atoms with Crippen molar-refractivity contribution in [2.24, 2.45) is 0 Å². The van der Waals surface area contributed by atoms with Crippen molar-refractivity contribution in [2.45, 2.75) is 13.8 Å². The van der Waals surface area contributed by atoms with Crippen LogP contribution in [0.25, 0.3) is 11.1 Å². The Morgan fingerprint density at radius 2 is 1.42 bits per heavy atom. The molecular formula is C21H17ClO2. The van der Waals surface area contributed by atoms with Crippen molar-refractivity contribution in [1.82, 2.24) is 0 Å². The SMILES string of the molecule is Cc1ccc(-c2ccc(C(=O)Oc3ccc(C)c(Cl)c3)cc2)cc1. The molecule has 0 aliphatic rings. The number of ether oxygens (including phenoxy) is 1. The summed E-state index contributed by atoms with van der Waals surface area (Å²) >= 11 is 6.05. The topological polar surface area (TPSA) is 26.3 Å². The van der Waals surface area contributed by atoms with Crippen LogP contribution in [0.2, 0.25) is 5.02 Å². The maximum atomic E-state index is 12.2. The number of carbonyl (C=O) groups is 1. The van der Waals surface area contributed by atoms with Gasteiger partial charge in [0.1, 0.15) is 5.75 Å². The zero-order valence-corrected chi connectivity index (χ0v) is 14.3. The van der Waals surface area contributed by atoms with E-state index in [0.717, 1.165) is 16.7 Å². The van der Waals surface area contributed by atoms with E-state index in [1.54, 1.807) is 24.3 Å². The van der Waals surface area contributed by atoms with Gasteiger partial charge < -0.3 is 4.74 Å². The van der Waals surface area contributed by atoms with Gasteiger partial charge >= 0.3 is 5.97 Å². The molecule has 0 saturated heterocycles. The average molecular weight is 337 g/mol.